The highest BCUT2D eigenvalue weighted by Gasteiger charge is 2.18. The van der Waals surface area contributed by atoms with Gasteiger partial charge in [0.15, 0.2) is 0 Å². The highest BCUT2D eigenvalue weighted by molar-refractivity contribution is 5.50. The molecule has 0 saturated carbocycles. The van der Waals surface area contributed by atoms with Crippen molar-refractivity contribution in [1.29, 1.82) is 0 Å². The van der Waals surface area contributed by atoms with Crippen LogP contribution in [-0.2, 0) is 0 Å². The summed E-state index contributed by atoms with van der Waals surface area (Å²) in [6.07, 6.45) is 4.00. The first kappa shape index (κ1) is 10.3. The van der Waals surface area contributed by atoms with Crippen molar-refractivity contribution in [1.82, 2.24) is 0 Å². The minimum absolute atomic E-state index is 0.673. The van der Waals surface area contributed by atoms with Gasteiger partial charge in [-0.25, -0.2) is 0 Å². The van der Waals surface area contributed by atoms with Crippen LogP contribution in [0.4, 0.5) is 5.69 Å². The second-order valence-corrected chi connectivity index (χ2v) is 4.24. The van der Waals surface area contributed by atoms with Crippen LogP contribution in [0, 0.1) is 0 Å². The molecule has 1 aliphatic heterocycles. The molecule has 1 unspecified atom stereocenters. The number of ether oxygens (including phenoxy) is 1. The minimum atomic E-state index is 0.673. The van der Waals surface area contributed by atoms with Gasteiger partial charge in [0.25, 0.3) is 0 Å². The van der Waals surface area contributed by atoms with Gasteiger partial charge in [-0.3, -0.25) is 0 Å². The maximum atomic E-state index is 5.16. The Morgan fingerprint density at radius 2 is 1.93 bits per heavy atom. The Hall–Kier alpha value is -1.18. The summed E-state index contributed by atoms with van der Waals surface area (Å²) in [6, 6.07) is 9.06. The van der Waals surface area contributed by atoms with Gasteiger partial charge < -0.3 is 9.64 Å². The number of rotatable bonds is 2. The molecule has 0 aliphatic carbocycles. The Morgan fingerprint density at radius 1 is 1.20 bits per heavy atom. The molecule has 0 aromatic heterocycles. The summed E-state index contributed by atoms with van der Waals surface area (Å²) in [5.74, 6) is 0.934. The van der Waals surface area contributed by atoms with Gasteiger partial charge >= 0.3 is 0 Å². The molecule has 1 fully saturated rings. The number of hydrogen-bond donors (Lipinski definition) is 0. The fraction of sp³-hybridized carbons (Fsp3) is 0.538. The van der Waals surface area contributed by atoms with Crippen molar-refractivity contribution >= 4 is 5.69 Å². The molecule has 1 atom stereocenters. The summed E-state index contributed by atoms with van der Waals surface area (Å²) in [5, 5.41) is 0. The van der Waals surface area contributed by atoms with Crippen molar-refractivity contribution in [3.05, 3.63) is 24.3 Å². The zero-order chi connectivity index (χ0) is 10.7. The van der Waals surface area contributed by atoms with Crippen LogP contribution in [0.3, 0.4) is 0 Å². The first-order valence-corrected chi connectivity index (χ1v) is 5.72. The summed E-state index contributed by atoms with van der Waals surface area (Å²) >= 11 is 0. The van der Waals surface area contributed by atoms with Crippen molar-refractivity contribution < 1.29 is 4.74 Å². The third-order valence-electron chi connectivity index (χ3n) is 3.21. The fourth-order valence-electron chi connectivity index (χ4n) is 2.26. The van der Waals surface area contributed by atoms with E-state index in [4.69, 9.17) is 4.74 Å². The second kappa shape index (κ2) is 4.56. The first-order chi connectivity index (χ1) is 7.31. The van der Waals surface area contributed by atoms with Crippen LogP contribution < -0.4 is 9.64 Å². The molecule has 0 spiro atoms. The second-order valence-electron chi connectivity index (χ2n) is 4.24. The molecule has 0 N–H and O–H groups in total. The predicted octanol–water partition coefficient (Wildman–Crippen LogP) is 3.07. The Kier molecular flexibility index (Phi) is 3.14. The summed E-state index contributed by atoms with van der Waals surface area (Å²) in [4.78, 5) is 2.49. The van der Waals surface area contributed by atoms with Crippen LogP contribution in [0.25, 0.3) is 0 Å². The largest absolute Gasteiger partial charge is 0.497 e. The lowest BCUT2D eigenvalue weighted by Crippen LogP contribution is -2.37. The van der Waals surface area contributed by atoms with E-state index in [2.05, 4.69) is 24.0 Å². The topological polar surface area (TPSA) is 12.5 Å². The molecule has 15 heavy (non-hydrogen) atoms. The molecule has 2 rings (SSSR count). The van der Waals surface area contributed by atoms with Crippen LogP contribution in [0.1, 0.15) is 26.2 Å². The van der Waals surface area contributed by atoms with Crippen LogP contribution in [-0.4, -0.2) is 19.7 Å². The number of anilines is 1. The lowest BCUT2D eigenvalue weighted by Gasteiger charge is -2.35. The van der Waals surface area contributed by atoms with Crippen LogP contribution in [0.5, 0.6) is 5.75 Å². The predicted molar refractivity (Wildman–Crippen MR) is 63.7 cm³/mol. The van der Waals surface area contributed by atoms with Gasteiger partial charge in [0.2, 0.25) is 0 Å². The van der Waals surface area contributed by atoms with E-state index in [0.29, 0.717) is 6.04 Å². The van der Waals surface area contributed by atoms with Gasteiger partial charge in [0.1, 0.15) is 5.75 Å². The molecule has 1 aliphatic rings. The maximum Gasteiger partial charge on any atom is 0.119 e. The molecule has 1 aromatic rings. The van der Waals surface area contributed by atoms with Gasteiger partial charge in [-0.1, -0.05) is 0 Å². The normalized spacial score (nSPS) is 21.5. The highest BCUT2D eigenvalue weighted by Crippen LogP contribution is 2.26. The van der Waals surface area contributed by atoms with E-state index < -0.39 is 0 Å². The standard InChI is InChI=1S/C13H19NO/c1-11-5-3-4-10-14(11)12-6-8-13(15-2)9-7-12/h6-9,11H,3-5,10H2,1-2H3. The Bertz CT molecular complexity index is 307. The summed E-state index contributed by atoms with van der Waals surface area (Å²) in [6.45, 7) is 3.50. The molecule has 2 heteroatoms. The summed E-state index contributed by atoms with van der Waals surface area (Å²) in [5.41, 5.74) is 1.32. The SMILES string of the molecule is COc1ccc(N2CCCCC2C)cc1. The zero-order valence-corrected chi connectivity index (χ0v) is 9.57. The third-order valence-corrected chi connectivity index (χ3v) is 3.21. The molecular formula is C13H19NO. The molecule has 0 bridgehead atoms. The van der Waals surface area contributed by atoms with E-state index in [1.165, 1.54) is 31.5 Å². The number of methoxy groups -OCH3 is 1. The molecule has 0 amide bonds. The van der Waals surface area contributed by atoms with Crippen LogP contribution in [0.15, 0.2) is 24.3 Å². The number of piperidine rings is 1. The van der Waals surface area contributed by atoms with E-state index in [9.17, 15) is 0 Å². The fourth-order valence-corrected chi connectivity index (χ4v) is 2.26. The smallest absolute Gasteiger partial charge is 0.119 e. The van der Waals surface area contributed by atoms with Gasteiger partial charge in [-0.2, -0.15) is 0 Å². The molecule has 1 aromatic carbocycles. The molecule has 82 valence electrons. The van der Waals surface area contributed by atoms with Gasteiger partial charge in [-0.05, 0) is 50.5 Å². The Balaban J connectivity index is 2.13. The van der Waals surface area contributed by atoms with E-state index in [1.807, 2.05) is 12.1 Å². The van der Waals surface area contributed by atoms with Crippen molar-refractivity contribution in [2.45, 2.75) is 32.2 Å². The molecule has 1 saturated heterocycles. The van der Waals surface area contributed by atoms with Gasteiger partial charge in [0, 0.05) is 18.3 Å². The first-order valence-electron chi connectivity index (χ1n) is 5.72. The lowest BCUT2D eigenvalue weighted by molar-refractivity contribution is 0.414. The number of benzene rings is 1. The molecule has 2 nitrogen and oxygen atoms in total. The van der Waals surface area contributed by atoms with E-state index >= 15 is 0 Å². The Morgan fingerprint density at radius 3 is 2.53 bits per heavy atom. The van der Waals surface area contributed by atoms with Gasteiger partial charge in [-0.15, -0.1) is 0 Å². The van der Waals surface area contributed by atoms with Crippen LogP contribution in [0.2, 0.25) is 0 Å². The summed E-state index contributed by atoms with van der Waals surface area (Å²) in [7, 11) is 1.71. The molecule has 0 radical (unpaired) electrons. The van der Waals surface area contributed by atoms with Crippen LogP contribution >= 0.6 is 0 Å². The number of nitrogens with zero attached hydrogens (tertiary/aromatic N) is 1. The molecular weight excluding hydrogens is 186 g/mol. The average Bonchev–Trinajstić information content (AvgIpc) is 2.30. The van der Waals surface area contributed by atoms with Crippen molar-refractivity contribution in [3.8, 4) is 5.75 Å². The zero-order valence-electron chi connectivity index (χ0n) is 9.57. The Labute approximate surface area is 91.9 Å². The molecule has 1 heterocycles. The van der Waals surface area contributed by atoms with E-state index in [1.54, 1.807) is 7.11 Å². The minimum Gasteiger partial charge on any atom is -0.497 e. The maximum absolute atomic E-state index is 5.16. The monoisotopic (exact) mass is 205 g/mol. The summed E-state index contributed by atoms with van der Waals surface area (Å²) < 4.78 is 5.16. The quantitative estimate of drug-likeness (QED) is 0.735. The van der Waals surface area contributed by atoms with Gasteiger partial charge in [0.05, 0.1) is 7.11 Å². The average molecular weight is 205 g/mol. The van der Waals surface area contributed by atoms with Crippen molar-refractivity contribution in [2.75, 3.05) is 18.6 Å². The number of hydrogen-bond acceptors (Lipinski definition) is 2. The third kappa shape index (κ3) is 2.25. The highest BCUT2D eigenvalue weighted by atomic mass is 16.5. The van der Waals surface area contributed by atoms with Crippen molar-refractivity contribution in [3.63, 3.8) is 0 Å². The van der Waals surface area contributed by atoms with E-state index in [0.717, 1.165) is 5.75 Å². The van der Waals surface area contributed by atoms with Crippen molar-refractivity contribution in [2.24, 2.45) is 0 Å². The lowest BCUT2D eigenvalue weighted by atomic mass is 10.0. The van der Waals surface area contributed by atoms with E-state index in [-0.39, 0.29) is 0 Å².